The summed E-state index contributed by atoms with van der Waals surface area (Å²) in [7, 11) is 3.30. The summed E-state index contributed by atoms with van der Waals surface area (Å²) in [6, 6.07) is 17.6. The molecule has 2 amide bonds. The maximum absolute atomic E-state index is 14.2. The van der Waals surface area contributed by atoms with Crippen LogP contribution >= 0.6 is 11.3 Å². The minimum Gasteiger partial charge on any atom is -0.497 e. The van der Waals surface area contributed by atoms with Crippen molar-refractivity contribution in [3.05, 3.63) is 93.6 Å². The van der Waals surface area contributed by atoms with E-state index < -0.39 is 0 Å². The van der Waals surface area contributed by atoms with Crippen LogP contribution in [0, 0.1) is 6.92 Å². The first-order valence-electron chi connectivity index (χ1n) is 12.7. The Hall–Kier alpha value is -3.71. The van der Waals surface area contributed by atoms with Gasteiger partial charge in [0.25, 0.3) is 0 Å². The molecule has 0 fully saturated rings. The van der Waals surface area contributed by atoms with Gasteiger partial charge in [-0.3, -0.25) is 0 Å². The molecule has 2 aromatic carbocycles. The van der Waals surface area contributed by atoms with E-state index in [-0.39, 0.29) is 12.1 Å². The van der Waals surface area contributed by atoms with Gasteiger partial charge >= 0.3 is 6.03 Å². The smallest absolute Gasteiger partial charge is 0.323 e. The van der Waals surface area contributed by atoms with Crippen molar-refractivity contribution in [2.75, 3.05) is 19.5 Å². The first kappa shape index (κ1) is 23.7. The molecule has 0 bridgehead atoms. The number of rotatable bonds is 4. The number of thiophene rings is 1. The third-order valence-corrected chi connectivity index (χ3v) is 8.78. The van der Waals surface area contributed by atoms with Crippen LogP contribution in [0.15, 0.2) is 60.8 Å². The Balaban J connectivity index is 1.50. The Kier molecular flexibility index (Phi) is 6.16. The van der Waals surface area contributed by atoms with Crippen LogP contribution in [0.5, 0.6) is 11.5 Å². The number of methoxy groups -OCH3 is 2. The Bertz CT molecular complexity index is 1470. The number of hydrogen-bond donors (Lipinski definition) is 1. The SMILES string of the molecule is COc1cccc(C2c3cccn3-c3sc4c(c3CN2C(=O)Nc2cc(C)ccc2OC)CCCC4)c1. The number of anilines is 1. The van der Waals surface area contributed by atoms with E-state index in [9.17, 15) is 4.79 Å². The van der Waals surface area contributed by atoms with Crippen molar-refractivity contribution in [1.29, 1.82) is 0 Å². The predicted molar refractivity (Wildman–Crippen MR) is 147 cm³/mol. The van der Waals surface area contributed by atoms with E-state index in [0.717, 1.165) is 35.4 Å². The van der Waals surface area contributed by atoms with Crippen molar-refractivity contribution >= 4 is 23.1 Å². The van der Waals surface area contributed by atoms with E-state index in [0.29, 0.717) is 18.0 Å². The van der Waals surface area contributed by atoms with Crippen molar-refractivity contribution < 1.29 is 14.3 Å². The number of nitrogens with one attached hydrogen (secondary N) is 1. The van der Waals surface area contributed by atoms with Crippen LogP contribution in [0.4, 0.5) is 10.5 Å². The van der Waals surface area contributed by atoms with E-state index in [1.807, 2.05) is 59.6 Å². The highest BCUT2D eigenvalue weighted by molar-refractivity contribution is 7.15. The van der Waals surface area contributed by atoms with Crippen molar-refractivity contribution in [3.8, 4) is 16.5 Å². The van der Waals surface area contributed by atoms with Crippen LogP contribution in [-0.2, 0) is 19.4 Å². The number of carbonyl (C=O) groups is 1. The van der Waals surface area contributed by atoms with Gasteiger partial charge < -0.3 is 24.3 Å². The number of aryl methyl sites for hydroxylation is 2. The van der Waals surface area contributed by atoms with Crippen molar-refractivity contribution in [1.82, 2.24) is 9.47 Å². The fraction of sp³-hybridized carbons (Fsp3) is 0.300. The molecule has 6 rings (SSSR count). The van der Waals surface area contributed by atoms with Crippen molar-refractivity contribution in [3.63, 3.8) is 0 Å². The lowest BCUT2D eigenvalue weighted by Crippen LogP contribution is -2.38. The number of benzene rings is 2. The lowest BCUT2D eigenvalue weighted by molar-refractivity contribution is 0.194. The standard InChI is InChI=1S/C30H31N3O3S/c1-19-13-14-26(36-3)24(16-19)31-30(34)33-18-23-22-10-4-5-12-27(22)37-29(23)32-15-7-11-25(32)28(33)20-8-6-9-21(17-20)35-2/h6-9,11,13-17,28H,4-5,10,12,18H2,1-3H3,(H,31,34). The average Bonchev–Trinajstić information content (AvgIpc) is 3.50. The molecule has 1 N–H and O–H groups in total. The Morgan fingerprint density at radius 3 is 2.70 bits per heavy atom. The fourth-order valence-corrected chi connectivity index (χ4v) is 7.06. The molecule has 1 atom stereocenters. The second-order valence-electron chi connectivity index (χ2n) is 9.74. The number of fused-ring (bicyclic) bond motifs is 5. The maximum Gasteiger partial charge on any atom is 0.323 e. The van der Waals surface area contributed by atoms with E-state index in [1.54, 1.807) is 14.2 Å². The molecule has 1 aliphatic carbocycles. The largest absolute Gasteiger partial charge is 0.497 e. The lowest BCUT2D eigenvalue weighted by atomic mass is 9.95. The van der Waals surface area contributed by atoms with Crippen LogP contribution in [0.25, 0.3) is 5.00 Å². The third kappa shape index (κ3) is 4.17. The molecule has 6 nitrogen and oxygen atoms in total. The zero-order chi connectivity index (χ0) is 25.5. The molecule has 1 aliphatic heterocycles. The van der Waals surface area contributed by atoms with Gasteiger partial charge in [-0.2, -0.15) is 0 Å². The van der Waals surface area contributed by atoms with E-state index in [2.05, 4.69) is 34.3 Å². The highest BCUT2D eigenvalue weighted by Gasteiger charge is 2.36. The predicted octanol–water partition coefficient (Wildman–Crippen LogP) is 6.88. The molecule has 4 aromatic rings. The summed E-state index contributed by atoms with van der Waals surface area (Å²) in [5.74, 6) is 1.41. The number of urea groups is 1. The summed E-state index contributed by atoms with van der Waals surface area (Å²) in [5.41, 5.74) is 6.51. The molecule has 190 valence electrons. The first-order chi connectivity index (χ1) is 18.1. The summed E-state index contributed by atoms with van der Waals surface area (Å²) in [5, 5.41) is 4.42. The molecular weight excluding hydrogens is 482 g/mol. The third-order valence-electron chi connectivity index (χ3n) is 7.45. The number of amides is 2. The second kappa shape index (κ2) is 9.63. The van der Waals surface area contributed by atoms with Crippen molar-refractivity contribution in [2.24, 2.45) is 0 Å². The van der Waals surface area contributed by atoms with Gasteiger partial charge in [-0.05, 0) is 85.7 Å². The van der Waals surface area contributed by atoms with Crippen LogP contribution < -0.4 is 14.8 Å². The number of aromatic nitrogens is 1. The highest BCUT2D eigenvalue weighted by atomic mass is 32.1. The Morgan fingerprint density at radius 1 is 1.00 bits per heavy atom. The molecule has 0 radical (unpaired) electrons. The summed E-state index contributed by atoms with van der Waals surface area (Å²) in [4.78, 5) is 17.6. The zero-order valence-corrected chi connectivity index (χ0v) is 22.2. The van der Waals surface area contributed by atoms with Gasteiger partial charge in [0.15, 0.2) is 0 Å². The summed E-state index contributed by atoms with van der Waals surface area (Å²) < 4.78 is 13.4. The molecule has 2 aliphatic rings. The van der Waals surface area contributed by atoms with E-state index >= 15 is 0 Å². The van der Waals surface area contributed by atoms with Gasteiger partial charge in [0.2, 0.25) is 0 Å². The number of nitrogens with zero attached hydrogens (tertiary/aromatic N) is 2. The van der Waals surface area contributed by atoms with Crippen molar-refractivity contribution in [2.45, 2.75) is 45.2 Å². The molecule has 3 heterocycles. The van der Waals surface area contributed by atoms with Crippen LogP contribution in [-0.4, -0.2) is 29.7 Å². The van der Waals surface area contributed by atoms with E-state index in [1.165, 1.54) is 33.8 Å². The second-order valence-corrected chi connectivity index (χ2v) is 10.8. The van der Waals surface area contributed by atoms with Crippen LogP contribution in [0.3, 0.4) is 0 Å². The minimum atomic E-state index is -0.292. The monoisotopic (exact) mass is 513 g/mol. The molecule has 0 saturated carbocycles. The van der Waals surface area contributed by atoms with Gasteiger partial charge in [0, 0.05) is 16.6 Å². The summed E-state index contributed by atoms with van der Waals surface area (Å²) in [6.07, 6.45) is 6.75. The topological polar surface area (TPSA) is 55.7 Å². The quantitative estimate of drug-likeness (QED) is 0.324. The highest BCUT2D eigenvalue weighted by Crippen LogP contribution is 2.44. The normalized spacial score (nSPS) is 16.3. The van der Waals surface area contributed by atoms with Gasteiger partial charge in [-0.15, -0.1) is 11.3 Å². The molecule has 0 spiro atoms. The molecular formula is C30H31N3O3S. The zero-order valence-electron chi connectivity index (χ0n) is 21.4. The molecule has 37 heavy (non-hydrogen) atoms. The molecule has 7 heteroatoms. The molecule has 1 unspecified atom stereocenters. The first-order valence-corrected chi connectivity index (χ1v) is 13.6. The number of carbonyl (C=O) groups excluding carboxylic acids is 1. The van der Waals surface area contributed by atoms with Gasteiger partial charge in [-0.1, -0.05) is 18.2 Å². The lowest BCUT2D eigenvalue weighted by Gasteiger charge is -2.32. The number of ether oxygens (including phenoxy) is 2. The fourth-order valence-electron chi connectivity index (χ4n) is 5.66. The average molecular weight is 514 g/mol. The Labute approximate surface area is 221 Å². The molecule has 0 saturated heterocycles. The molecule has 2 aromatic heterocycles. The number of hydrogen-bond acceptors (Lipinski definition) is 4. The summed E-state index contributed by atoms with van der Waals surface area (Å²) >= 11 is 1.89. The van der Waals surface area contributed by atoms with Gasteiger partial charge in [0.1, 0.15) is 16.5 Å². The Morgan fingerprint density at radius 2 is 1.86 bits per heavy atom. The van der Waals surface area contributed by atoms with Crippen LogP contribution in [0.1, 0.15) is 51.7 Å². The summed E-state index contributed by atoms with van der Waals surface area (Å²) in [6.45, 7) is 2.54. The minimum absolute atomic E-state index is 0.159. The van der Waals surface area contributed by atoms with E-state index in [4.69, 9.17) is 9.47 Å². The van der Waals surface area contributed by atoms with Crippen LogP contribution in [0.2, 0.25) is 0 Å². The van der Waals surface area contributed by atoms with Gasteiger partial charge in [-0.25, -0.2) is 4.79 Å². The maximum atomic E-state index is 14.2. The van der Waals surface area contributed by atoms with Gasteiger partial charge in [0.05, 0.1) is 38.2 Å².